The maximum atomic E-state index is 7.19. The molecule has 0 aliphatic heterocycles. The van der Waals surface area contributed by atoms with Crippen LogP contribution in [0.25, 0.3) is 93.4 Å². The van der Waals surface area contributed by atoms with Crippen molar-refractivity contribution < 1.29 is 13.3 Å². The fraction of sp³-hybridized carbons (Fsp3) is 0.0492. The van der Waals surface area contributed by atoms with Crippen molar-refractivity contribution in [2.24, 2.45) is 0 Å². The van der Waals surface area contributed by atoms with Gasteiger partial charge in [0.05, 0.1) is 28.0 Å². The lowest BCUT2D eigenvalue weighted by atomic mass is 9.85. The van der Waals surface area contributed by atoms with Crippen LogP contribution in [0.1, 0.15) is 25.1 Å². The Hall–Kier alpha value is -8.74. The molecule has 14 aromatic rings. The van der Waals surface area contributed by atoms with E-state index in [1.807, 2.05) is 18.2 Å². The SMILES string of the molecule is CC1(C)c2cc(N(c3ccccc3)c3cccc4c3oc3ccccc34)ccc2-c2c1n1c3oc4cc(N(c5ccccc5)c5cccc6c5oc5ccccc56)ccc4c3c3cccc2c31. The lowest BCUT2D eigenvalue weighted by Crippen LogP contribution is -2.18. The maximum Gasteiger partial charge on any atom is 0.213 e. The fourth-order valence-electron chi connectivity index (χ4n) is 11.6. The topological polar surface area (TPSA) is 50.3 Å². The molecule has 0 radical (unpaired) electrons. The monoisotopic (exact) mass is 861 g/mol. The summed E-state index contributed by atoms with van der Waals surface area (Å²) in [4.78, 5) is 4.62. The maximum absolute atomic E-state index is 7.19. The Labute approximate surface area is 384 Å². The van der Waals surface area contributed by atoms with Crippen LogP contribution in [0.15, 0.2) is 213 Å². The first kappa shape index (κ1) is 36.6. The van der Waals surface area contributed by atoms with Gasteiger partial charge in [0, 0.05) is 77.5 Å². The largest absolute Gasteiger partial charge is 0.454 e. The molecule has 1 aliphatic carbocycles. The summed E-state index contributed by atoms with van der Waals surface area (Å²) in [5.41, 5.74) is 17.1. The molecule has 15 rings (SSSR count). The van der Waals surface area contributed by atoms with Gasteiger partial charge in [-0.15, -0.1) is 0 Å². The second-order valence-corrected chi connectivity index (χ2v) is 18.4. The number of hydrogen-bond acceptors (Lipinski definition) is 5. The summed E-state index contributed by atoms with van der Waals surface area (Å²) in [7, 11) is 0. The van der Waals surface area contributed by atoms with Crippen LogP contribution in [0.3, 0.4) is 0 Å². The third-order valence-electron chi connectivity index (χ3n) is 14.4. The van der Waals surface area contributed by atoms with E-state index < -0.39 is 0 Å². The second kappa shape index (κ2) is 13.2. The molecule has 67 heavy (non-hydrogen) atoms. The molecule has 0 saturated carbocycles. The molecule has 6 nitrogen and oxygen atoms in total. The lowest BCUT2D eigenvalue weighted by Gasteiger charge is -2.28. The quantitative estimate of drug-likeness (QED) is 0.167. The van der Waals surface area contributed by atoms with Gasteiger partial charge >= 0.3 is 0 Å². The van der Waals surface area contributed by atoms with Crippen LogP contribution in [0, 0.1) is 0 Å². The van der Waals surface area contributed by atoms with Crippen molar-refractivity contribution in [3.63, 3.8) is 0 Å². The summed E-state index contributed by atoms with van der Waals surface area (Å²) in [6, 6.07) is 71.0. The van der Waals surface area contributed by atoms with Crippen LogP contribution in [-0.4, -0.2) is 4.40 Å². The zero-order chi connectivity index (χ0) is 44.1. The van der Waals surface area contributed by atoms with Gasteiger partial charge in [0.15, 0.2) is 11.2 Å². The Balaban J connectivity index is 0.913. The first-order valence-corrected chi connectivity index (χ1v) is 22.9. The summed E-state index contributed by atoms with van der Waals surface area (Å²) < 4.78 is 22.9. The minimum atomic E-state index is -0.383. The van der Waals surface area contributed by atoms with Crippen LogP contribution in [-0.2, 0) is 5.41 Å². The number of benzene rings is 9. The second-order valence-electron chi connectivity index (χ2n) is 18.4. The van der Waals surface area contributed by atoms with E-state index in [2.05, 4.69) is 210 Å². The van der Waals surface area contributed by atoms with Crippen molar-refractivity contribution in [3.05, 3.63) is 211 Å². The summed E-state index contributed by atoms with van der Waals surface area (Å²) in [6.07, 6.45) is 0. The smallest absolute Gasteiger partial charge is 0.213 e. The van der Waals surface area contributed by atoms with E-state index in [0.29, 0.717) is 0 Å². The van der Waals surface area contributed by atoms with E-state index in [9.17, 15) is 0 Å². The van der Waals surface area contributed by atoms with Gasteiger partial charge in [-0.2, -0.15) is 0 Å². The molecule has 0 bridgehead atoms. The number of para-hydroxylation sites is 7. The first-order chi connectivity index (χ1) is 33.0. The number of aromatic nitrogens is 1. The number of fused-ring (bicyclic) bond motifs is 16. The molecule has 0 spiro atoms. The minimum absolute atomic E-state index is 0.383. The molecule has 0 unspecified atom stereocenters. The molecule has 1 aliphatic rings. The van der Waals surface area contributed by atoms with Crippen molar-refractivity contribution in [2.75, 3.05) is 9.80 Å². The zero-order valence-electron chi connectivity index (χ0n) is 36.6. The van der Waals surface area contributed by atoms with E-state index in [0.717, 1.165) is 100 Å². The molecule has 0 atom stereocenters. The number of rotatable bonds is 6. The highest BCUT2D eigenvalue weighted by atomic mass is 16.3. The first-order valence-electron chi connectivity index (χ1n) is 22.9. The van der Waals surface area contributed by atoms with Crippen LogP contribution in [0.2, 0.25) is 0 Å². The highest BCUT2D eigenvalue weighted by molar-refractivity contribution is 6.26. The fourth-order valence-corrected chi connectivity index (χ4v) is 11.6. The average Bonchev–Trinajstić information content (AvgIpc) is 4.21. The molecule has 316 valence electrons. The van der Waals surface area contributed by atoms with Crippen molar-refractivity contribution in [1.82, 2.24) is 4.40 Å². The molecule has 6 heteroatoms. The molecule has 0 N–H and O–H groups in total. The lowest BCUT2D eigenvalue weighted by molar-refractivity contribution is 0.606. The van der Waals surface area contributed by atoms with Crippen molar-refractivity contribution >= 4 is 116 Å². The van der Waals surface area contributed by atoms with E-state index in [1.165, 1.54) is 38.7 Å². The Bertz CT molecular complexity index is 4320. The van der Waals surface area contributed by atoms with Gasteiger partial charge in [-0.1, -0.05) is 135 Å². The van der Waals surface area contributed by atoms with E-state index >= 15 is 0 Å². The van der Waals surface area contributed by atoms with Gasteiger partial charge < -0.3 is 23.1 Å². The van der Waals surface area contributed by atoms with Crippen LogP contribution in [0.5, 0.6) is 0 Å². The molecule has 0 fully saturated rings. The van der Waals surface area contributed by atoms with Gasteiger partial charge in [0.2, 0.25) is 5.71 Å². The predicted octanol–water partition coefficient (Wildman–Crippen LogP) is 17.5. The highest BCUT2D eigenvalue weighted by Crippen LogP contribution is 2.57. The number of nitrogens with zero attached hydrogens (tertiary/aromatic N) is 3. The molecular weight excluding hydrogens is 823 g/mol. The van der Waals surface area contributed by atoms with E-state index in [4.69, 9.17) is 13.3 Å². The molecule has 5 aromatic heterocycles. The van der Waals surface area contributed by atoms with Gasteiger partial charge in [-0.3, -0.25) is 4.40 Å². The summed E-state index contributed by atoms with van der Waals surface area (Å²) in [5.74, 6) is 0. The van der Waals surface area contributed by atoms with E-state index in [1.54, 1.807) is 0 Å². The van der Waals surface area contributed by atoms with Gasteiger partial charge in [0.1, 0.15) is 16.7 Å². The van der Waals surface area contributed by atoms with Crippen LogP contribution < -0.4 is 9.80 Å². The highest BCUT2D eigenvalue weighted by Gasteiger charge is 2.42. The van der Waals surface area contributed by atoms with E-state index in [-0.39, 0.29) is 5.41 Å². The van der Waals surface area contributed by atoms with Crippen LogP contribution >= 0.6 is 0 Å². The van der Waals surface area contributed by atoms with Crippen molar-refractivity contribution in [2.45, 2.75) is 19.3 Å². The number of hydrogen-bond donors (Lipinski definition) is 0. The molecule has 9 aromatic carbocycles. The van der Waals surface area contributed by atoms with Crippen LogP contribution in [0.4, 0.5) is 34.1 Å². The van der Waals surface area contributed by atoms with Crippen molar-refractivity contribution in [1.29, 1.82) is 0 Å². The zero-order valence-corrected chi connectivity index (χ0v) is 36.6. The Morgan fingerprint density at radius 2 is 0.925 bits per heavy atom. The summed E-state index contributed by atoms with van der Waals surface area (Å²) in [6.45, 7) is 4.73. The molecule has 0 saturated heterocycles. The Morgan fingerprint density at radius 3 is 1.57 bits per heavy atom. The average molecular weight is 862 g/mol. The van der Waals surface area contributed by atoms with Gasteiger partial charge in [-0.25, -0.2) is 0 Å². The minimum Gasteiger partial charge on any atom is -0.454 e. The van der Waals surface area contributed by atoms with Crippen molar-refractivity contribution in [3.8, 4) is 11.1 Å². The molecule has 0 amide bonds. The summed E-state index contributed by atoms with van der Waals surface area (Å²) in [5, 5.41) is 9.06. The summed E-state index contributed by atoms with van der Waals surface area (Å²) >= 11 is 0. The normalized spacial score (nSPS) is 13.3. The molecule has 5 heterocycles. The third kappa shape index (κ3) is 4.88. The molecular formula is C61H39N3O3. The number of furan rings is 3. The predicted molar refractivity (Wildman–Crippen MR) is 275 cm³/mol. The Morgan fingerprint density at radius 1 is 0.403 bits per heavy atom. The standard InChI is InChI=1S/C61H39N3O3/c1-61(2)48-34-38(62(36-16-5-3-6-17-36)49-26-14-22-42-40-20-9-11-28-51(40)65-57(42)49)30-32-44(48)54-46-24-13-25-47-55-45-33-31-39(35-53(45)67-60(55)64(56(46)47)59(54)61)63(37-18-7-4-8-19-37)50-27-15-23-43-41-21-10-12-29-52(41)66-58(43)50/h3-35H,1-2H3. The van der Waals surface area contributed by atoms with Gasteiger partial charge in [-0.05, 0) is 83.9 Å². The Kier molecular flexibility index (Phi) is 7.20. The third-order valence-corrected chi connectivity index (χ3v) is 14.4. The van der Waals surface area contributed by atoms with Gasteiger partial charge in [0.25, 0.3) is 0 Å². The number of anilines is 6.